The number of aromatic nitrogens is 1. The fraction of sp³-hybridized carbons (Fsp3) is 0.520. The van der Waals surface area contributed by atoms with Crippen LogP contribution < -0.4 is 21.5 Å². The molecule has 0 aliphatic rings. The summed E-state index contributed by atoms with van der Waals surface area (Å²) in [5, 5.41) is 16.5. The van der Waals surface area contributed by atoms with Crippen molar-refractivity contribution in [2.45, 2.75) is 65.5 Å². The Bertz CT molecular complexity index is 1030. The normalized spacial score (nSPS) is 12.4. The van der Waals surface area contributed by atoms with E-state index in [1.165, 1.54) is 30.5 Å². The van der Waals surface area contributed by atoms with Crippen molar-refractivity contribution in [3.8, 4) is 0 Å². The number of aliphatic carboxylic acids is 1. The van der Waals surface area contributed by atoms with Crippen LogP contribution in [-0.4, -0.2) is 58.5 Å². The smallest absolute Gasteiger partial charge is 0.330 e. The molecule has 0 radical (unpaired) electrons. The number of hydrogen-bond donors (Lipinski definition) is 4. The quantitative estimate of drug-likeness (QED) is 0.186. The lowest BCUT2D eigenvalue weighted by Crippen LogP contribution is -2.44. The summed E-state index contributed by atoms with van der Waals surface area (Å²) >= 11 is 0. The average molecular weight is 521 g/mol. The molecule has 2 atom stereocenters. The van der Waals surface area contributed by atoms with E-state index in [-0.39, 0.29) is 44.0 Å². The molecule has 0 aliphatic carbocycles. The Morgan fingerprint density at radius 3 is 2.51 bits per heavy atom. The maximum atomic E-state index is 12.9. The zero-order valence-corrected chi connectivity index (χ0v) is 21.5. The second-order valence-electron chi connectivity index (χ2n) is 8.41. The highest BCUT2D eigenvalue weighted by atomic mass is 16.5. The third-order valence-electron chi connectivity index (χ3n) is 5.32. The molecule has 12 nitrogen and oxygen atoms in total. The number of rotatable bonds is 16. The van der Waals surface area contributed by atoms with Crippen LogP contribution in [0.15, 0.2) is 35.3 Å². The van der Waals surface area contributed by atoms with Crippen molar-refractivity contribution in [3.63, 3.8) is 0 Å². The fourth-order valence-corrected chi connectivity index (χ4v) is 3.01. The molecule has 4 N–H and O–H groups in total. The van der Waals surface area contributed by atoms with Crippen LogP contribution in [0.2, 0.25) is 0 Å². The number of anilines is 1. The lowest BCUT2D eigenvalue weighted by atomic mass is 10.1. The van der Waals surface area contributed by atoms with E-state index in [0.717, 1.165) is 11.0 Å². The number of hydrogen-bond acceptors (Lipinski definition) is 7. The highest BCUT2D eigenvalue weighted by molar-refractivity contribution is 5.97. The van der Waals surface area contributed by atoms with Crippen molar-refractivity contribution in [1.82, 2.24) is 15.2 Å². The zero-order chi connectivity index (χ0) is 27.8. The van der Waals surface area contributed by atoms with Crippen LogP contribution in [0.4, 0.5) is 5.69 Å². The lowest BCUT2D eigenvalue weighted by molar-refractivity contribution is -0.139. The predicted molar refractivity (Wildman–Crippen MR) is 136 cm³/mol. The van der Waals surface area contributed by atoms with Crippen molar-refractivity contribution in [2.75, 3.05) is 18.5 Å². The Balaban J connectivity index is 2.92. The second kappa shape index (κ2) is 16.7. The van der Waals surface area contributed by atoms with Crippen LogP contribution in [0, 0.1) is 5.92 Å². The molecule has 0 bridgehead atoms. The number of carboxylic acid groups (broad SMARTS) is 1. The topological polar surface area (TPSA) is 173 Å². The van der Waals surface area contributed by atoms with Crippen molar-refractivity contribution < 1.29 is 33.8 Å². The number of carbonyl (C=O) groups is 5. The van der Waals surface area contributed by atoms with E-state index in [1.54, 1.807) is 6.92 Å². The number of nitrogens with zero attached hydrogens (tertiary/aromatic N) is 1. The number of amides is 3. The molecule has 0 aromatic carbocycles. The number of nitrogens with one attached hydrogen (secondary N) is 3. The summed E-state index contributed by atoms with van der Waals surface area (Å²) in [7, 11) is 0. The van der Waals surface area contributed by atoms with Gasteiger partial charge in [-0.05, 0) is 37.8 Å². The van der Waals surface area contributed by atoms with Crippen LogP contribution >= 0.6 is 0 Å². The SMILES string of the molecule is CCOC(=O)/C=C/CCC(NC(=O)CCC(=O)O)C(=O)Nc1cccn(CC(=O)NCC(C)CC)c1=O. The van der Waals surface area contributed by atoms with E-state index in [2.05, 4.69) is 16.0 Å². The van der Waals surface area contributed by atoms with E-state index >= 15 is 0 Å². The molecule has 2 unspecified atom stereocenters. The summed E-state index contributed by atoms with van der Waals surface area (Å²) in [5.41, 5.74) is -0.693. The van der Waals surface area contributed by atoms with Crippen molar-refractivity contribution in [2.24, 2.45) is 5.92 Å². The summed E-state index contributed by atoms with van der Waals surface area (Å²) < 4.78 is 5.94. The first-order valence-corrected chi connectivity index (χ1v) is 12.2. The van der Waals surface area contributed by atoms with Gasteiger partial charge in [0.15, 0.2) is 0 Å². The van der Waals surface area contributed by atoms with Gasteiger partial charge in [0.2, 0.25) is 17.7 Å². The first-order chi connectivity index (χ1) is 17.6. The van der Waals surface area contributed by atoms with E-state index in [1.807, 2.05) is 13.8 Å². The molecule has 1 aromatic rings. The third-order valence-corrected chi connectivity index (χ3v) is 5.32. The molecule has 0 aliphatic heterocycles. The molecule has 0 saturated heterocycles. The number of carboxylic acids is 1. The first-order valence-electron chi connectivity index (χ1n) is 12.2. The van der Waals surface area contributed by atoms with E-state index in [4.69, 9.17) is 9.84 Å². The van der Waals surface area contributed by atoms with Gasteiger partial charge in [-0.3, -0.25) is 24.0 Å². The Morgan fingerprint density at radius 2 is 1.86 bits per heavy atom. The number of carbonyl (C=O) groups excluding carboxylic acids is 4. The van der Waals surface area contributed by atoms with Gasteiger partial charge in [-0.25, -0.2) is 4.79 Å². The standard InChI is InChI=1S/C25H36N4O8/c1-4-17(3)15-26-21(31)16-29-14-8-10-19(25(29)36)28-24(35)18(27-20(30)12-13-22(32)33)9-6-7-11-23(34)37-5-2/h7-8,10-11,14,17-18H,4-6,9,12-13,15-16H2,1-3H3,(H,26,31)(H,27,30)(H,28,35)(H,32,33)/b11-7+. The lowest BCUT2D eigenvalue weighted by Gasteiger charge is -2.18. The number of allylic oxidation sites excluding steroid dienone is 1. The molecule has 0 spiro atoms. The van der Waals surface area contributed by atoms with E-state index in [0.29, 0.717) is 12.5 Å². The van der Waals surface area contributed by atoms with E-state index < -0.39 is 41.8 Å². The minimum absolute atomic E-state index is 0.0690. The van der Waals surface area contributed by atoms with Crippen LogP contribution in [0.3, 0.4) is 0 Å². The largest absolute Gasteiger partial charge is 0.481 e. The van der Waals surface area contributed by atoms with Gasteiger partial charge in [0, 0.05) is 25.2 Å². The predicted octanol–water partition coefficient (Wildman–Crippen LogP) is 1.20. The van der Waals surface area contributed by atoms with Gasteiger partial charge in [0.25, 0.3) is 5.56 Å². The summed E-state index contributed by atoms with van der Waals surface area (Å²) in [6, 6.07) is 1.76. The first kappa shape index (κ1) is 31.1. The Kier molecular flexibility index (Phi) is 14.0. The fourth-order valence-electron chi connectivity index (χ4n) is 3.01. The maximum absolute atomic E-state index is 12.9. The Hall–Kier alpha value is -3.96. The van der Waals surface area contributed by atoms with Crippen molar-refractivity contribution >= 4 is 35.3 Å². The van der Waals surface area contributed by atoms with Crippen molar-refractivity contribution in [1.29, 1.82) is 0 Å². The Morgan fingerprint density at radius 1 is 1.14 bits per heavy atom. The molecule has 204 valence electrons. The van der Waals surface area contributed by atoms with Crippen LogP contribution in [0.1, 0.15) is 52.9 Å². The summed E-state index contributed by atoms with van der Waals surface area (Å²) in [5.74, 6) is -3.12. The molecular weight excluding hydrogens is 484 g/mol. The van der Waals surface area contributed by atoms with Crippen LogP contribution in [0.25, 0.3) is 0 Å². The molecule has 0 saturated carbocycles. The second-order valence-corrected chi connectivity index (χ2v) is 8.41. The van der Waals surface area contributed by atoms with Crippen molar-refractivity contribution in [3.05, 3.63) is 40.8 Å². The van der Waals surface area contributed by atoms with Crippen LogP contribution in [0.5, 0.6) is 0 Å². The van der Waals surface area contributed by atoms with Crippen LogP contribution in [-0.2, 0) is 35.3 Å². The molecule has 1 rings (SSSR count). The number of pyridine rings is 1. The number of esters is 1. The maximum Gasteiger partial charge on any atom is 0.330 e. The molecule has 37 heavy (non-hydrogen) atoms. The molecule has 0 fully saturated rings. The molecule has 3 amide bonds. The van der Waals surface area contributed by atoms with Gasteiger partial charge in [0.1, 0.15) is 18.3 Å². The van der Waals surface area contributed by atoms with Gasteiger partial charge in [-0.1, -0.05) is 26.3 Å². The highest BCUT2D eigenvalue weighted by Crippen LogP contribution is 2.06. The minimum Gasteiger partial charge on any atom is -0.481 e. The molecule has 1 heterocycles. The molecule has 12 heteroatoms. The van der Waals surface area contributed by atoms with Gasteiger partial charge in [-0.15, -0.1) is 0 Å². The van der Waals surface area contributed by atoms with Gasteiger partial charge < -0.3 is 30.4 Å². The van der Waals surface area contributed by atoms with Gasteiger partial charge in [-0.2, -0.15) is 0 Å². The number of ether oxygens (including phenoxy) is 1. The zero-order valence-electron chi connectivity index (χ0n) is 21.5. The van der Waals surface area contributed by atoms with E-state index in [9.17, 15) is 28.8 Å². The summed E-state index contributed by atoms with van der Waals surface area (Å²) in [6.07, 6.45) is 4.54. The van der Waals surface area contributed by atoms with Gasteiger partial charge in [0.05, 0.1) is 13.0 Å². The summed E-state index contributed by atoms with van der Waals surface area (Å²) in [4.78, 5) is 72.3. The molecular formula is C25H36N4O8. The Labute approximate surface area is 215 Å². The van der Waals surface area contributed by atoms with Gasteiger partial charge >= 0.3 is 11.9 Å². The minimum atomic E-state index is -1.16. The summed E-state index contributed by atoms with van der Waals surface area (Å²) in [6.45, 7) is 6.12. The highest BCUT2D eigenvalue weighted by Gasteiger charge is 2.22. The monoisotopic (exact) mass is 520 g/mol. The molecule has 1 aromatic heterocycles. The average Bonchev–Trinajstić information content (AvgIpc) is 2.85. The third kappa shape index (κ3) is 12.5.